The summed E-state index contributed by atoms with van der Waals surface area (Å²) in [6.07, 6.45) is 0.846. The molecular weight excluding hydrogens is 394 g/mol. The third kappa shape index (κ3) is 6.57. The van der Waals surface area contributed by atoms with E-state index in [1.54, 1.807) is 54.6 Å². The number of aliphatic carboxylic acids is 1. The number of rotatable bonds is 10. The lowest BCUT2D eigenvalue weighted by Gasteiger charge is -2.15. The van der Waals surface area contributed by atoms with Crippen molar-refractivity contribution < 1.29 is 19.4 Å². The Labute approximate surface area is 181 Å². The Morgan fingerprint density at radius 3 is 2.42 bits per heavy atom. The Bertz CT molecular complexity index is 1010. The van der Waals surface area contributed by atoms with E-state index < -0.39 is 17.9 Å². The Kier molecular flexibility index (Phi) is 7.59. The molecule has 3 rings (SSSR count). The highest BCUT2D eigenvalue weighted by molar-refractivity contribution is 5.96. The Morgan fingerprint density at radius 1 is 1.00 bits per heavy atom. The van der Waals surface area contributed by atoms with Gasteiger partial charge in [-0.15, -0.1) is 0 Å². The highest BCUT2D eigenvalue weighted by Gasteiger charge is 2.21. The topological polar surface area (TPSA) is 101 Å². The molecule has 0 spiro atoms. The molecule has 7 heteroatoms. The third-order valence-corrected chi connectivity index (χ3v) is 4.69. The molecule has 160 valence electrons. The molecule has 31 heavy (non-hydrogen) atoms. The number of carboxylic acid groups (broad SMARTS) is 1. The number of hydrogen-bond donors (Lipinski definition) is 3. The number of carbonyl (C=O) groups excluding carboxylic acids is 1. The minimum absolute atomic E-state index is 0.176. The minimum Gasteiger partial charge on any atom is -0.493 e. The van der Waals surface area contributed by atoms with E-state index in [0.29, 0.717) is 24.3 Å². The highest BCUT2D eigenvalue weighted by Crippen LogP contribution is 2.15. The molecule has 7 nitrogen and oxygen atoms in total. The first-order chi connectivity index (χ1) is 15.0. The third-order valence-electron chi connectivity index (χ3n) is 4.69. The van der Waals surface area contributed by atoms with Crippen LogP contribution in [0.3, 0.4) is 0 Å². The molecule has 0 aliphatic carbocycles. The number of hydrogen-bond acceptors (Lipinski definition) is 5. The van der Waals surface area contributed by atoms with Crippen LogP contribution in [0.2, 0.25) is 0 Å². The molecule has 0 radical (unpaired) electrons. The van der Waals surface area contributed by atoms with Gasteiger partial charge in [-0.1, -0.05) is 36.4 Å². The Balaban J connectivity index is 1.53. The summed E-state index contributed by atoms with van der Waals surface area (Å²) in [5.74, 6) is 0.00715. The van der Waals surface area contributed by atoms with Crippen LogP contribution in [0.4, 0.5) is 5.82 Å². The highest BCUT2D eigenvalue weighted by atomic mass is 16.5. The molecule has 0 aliphatic rings. The van der Waals surface area contributed by atoms with E-state index in [2.05, 4.69) is 15.6 Å². The number of aromatic nitrogens is 1. The predicted octanol–water partition coefficient (Wildman–Crippen LogP) is 3.17. The second kappa shape index (κ2) is 10.8. The van der Waals surface area contributed by atoms with Crippen molar-refractivity contribution in [3.05, 3.63) is 89.6 Å². The van der Waals surface area contributed by atoms with Gasteiger partial charge in [-0.25, -0.2) is 9.78 Å². The molecule has 0 unspecified atom stereocenters. The molecule has 1 heterocycles. The van der Waals surface area contributed by atoms with Gasteiger partial charge in [0.1, 0.15) is 17.6 Å². The summed E-state index contributed by atoms with van der Waals surface area (Å²) >= 11 is 0. The van der Waals surface area contributed by atoms with Crippen molar-refractivity contribution in [2.75, 3.05) is 19.0 Å². The number of benzene rings is 2. The summed E-state index contributed by atoms with van der Waals surface area (Å²) in [5.41, 5.74) is 2.14. The molecule has 0 saturated carbocycles. The molecule has 2 aromatic carbocycles. The van der Waals surface area contributed by atoms with E-state index in [0.717, 1.165) is 17.1 Å². The van der Waals surface area contributed by atoms with Gasteiger partial charge in [0.05, 0.1) is 6.61 Å². The number of nitrogens with zero attached hydrogens (tertiary/aromatic N) is 1. The zero-order valence-corrected chi connectivity index (χ0v) is 17.2. The Hall–Kier alpha value is -3.87. The normalized spacial score (nSPS) is 11.4. The number of carbonyl (C=O) groups is 2. The summed E-state index contributed by atoms with van der Waals surface area (Å²) in [4.78, 5) is 28.3. The average Bonchev–Trinajstić information content (AvgIpc) is 2.80. The summed E-state index contributed by atoms with van der Waals surface area (Å²) in [5, 5.41) is 15.1. The monoisotopic (exact) mass is 419 g/mol. The predicted molar refractivity (Wildman–Crippen MR) is 118 cm³/mol. The average molecular weight is 419 g/mol. The van der Waals surface area contributed by atoms with Crippen molar-refractivity contribution in [2.45, 2.75) is 18.9 Å². The second-order valence-corrected chi connectivity index (χ2v) is 6.94. The fraction of sp³-hybridized carbons (Fsp3) is 0.208. The van der Waals surface area contributed by atoms with Gasteiger partial charge in [-0.05, 0) is 42.0 Å². The van der Waals surface area contributed by atoms with Gasteiger partial charge in [0.2, 0.25) is 0 Å². The maximum atomic E-state index is 12.3. The van der Waals surface area contributed by atoms with E-state index in [-0.39, 0.29) is 6.42 Å². The molecule has 3 aromatic rings. The van der Waals surface area contributed by atoms with Gasteiger partial charge in [0.15, 0.2) is 0 Å². The molecule has 0 saturated heterocycles. The molecule has 1 aromatic heterocycles. The van der Waals surface area contributed by atoms with Crippen LogP contribution in [0.25, 0.3) is 0 Å². The second-order valence-electron chi connectivity index (χ2n) is 6.94. The van der Waals surface area contributed by atoms with Gasteiger partial charge < -0.3 is 20.5 Å². The first-order valence-electron chi connectivity index (χ1n) is 9.99. The van der Waals surface area contributed by atoms with E-state index in [1.807, 2.05) is 25.2 Å². The standard InChI is InChI=1S/C24H25N3O4/c1-25-22-9-5-8-19(26-22)14-15-31-20-12-10-17(11-13-20)16-21(24(29)30)27-23(28)18-6-3-2-4-7-18/h2-13,21H,14-16H2,1H3,(H,25,26)(H,27,28)(H,29,30)/t21-/m0/s1. The van der Waals surface area contributed by atoms with E-state index in [4.69, 9.17) is 4.74 Å². The van der Waals surface area contributed by atoms with Gasteiger partial charge in [0, 0.05) is 31.1 Å². The van der Waals surface area contributed by atoms with E-state index >= 15 is 0 Å². The van der Waals surface area contributed by atoms with Gasteiger partial charge in [0.25, 0.3) is 5.91 Å². The Morgan fingerprint density at radius 2 is 1.74 bits per heavy atom. The first-order valence-corrected chi connectivity index (χ1v) is 9.99. The van der Waals surface area contributed by atoms with Crippen LogP contribution in [-0.4, -0.2) is 41.7 Å². The lowest BCUT2D eigenvalue weighted by molar-refractivity contribution is -0.139. The smallest absolute Gasteiger partial charge is 0.326 e. The first kappa shape index (κ1) is 21.8. The van der Waals surface area contributed by atoms with Crippen LogP contribution in [0, 0.1) is 0 Å². The molecule has 0 fully saturated rings. The lowest BCUT2D eigenvalue weighted by atomic mass is 10.1. The van der Waals surface area contributed by atoms with Crippen molar-refractivity contribution in [1.29, 1.82) is 0 Å². The fourth-order valence-electron chi connectivity index (χ4n) is 3.02. The van der Waals surface area contributed by atoms with Crippen LogP contribution in [0.15, 0.2) is 72.8 Å². The number of nitrogens with one attached hydrogen (secondary N) is 2. The van der Waals surface area contributed by atoms with Crippen LogP contribution >= 0.6 is 0 Å². The van der Waals surface area contributed by atoms with Crippen molar-refractivity contribution >= 4 is 17.7 Å². The maximum absolute atomic E-state index is 12.3. The van der Waals surface area contributed by atoms with Gasteiger partial charge in [-0.2, -0.15) is 0 Å². The van der Waals surface area contributed by atoms with Crippen molar-refractivity contribution in [2.24, 2.45) is 0 Å². The lowest BCUT2D eigenvalue weighted by Crippen LogP contribution is -2.42. The van der Waals surface area contributed by atoms with E-state index in [1.165, 1.54) is 0 Å². The number of pyridine rings is 1. The molecular formula is C24H25N3O4. The molecule has 3 N–H and O–H groups in total. The van der Waals surface area contributed by atoms with Crippen molar-refractivity contribution in [1.82, 2.24) is 10.3 Å². The molecule has 1 atom stereocenters. The van der Waals surface area contributed by atoms with Gasteiger partial charge >= 0.3 is 5.97 Å². The zero-order chi connectivity index (χ0) is 22.1. The van der Waals surface area contributed by atoms with Crippen LogP contribution < -0.4 is 15.4 Å². The number of amides is 1. The maximum Gasteiger partial charge on any atom is 0.326 e. The summed E-state index contributed by atoms with van der Waals surface area (Å²) < 4.78 is 5.77. The summed E-state index contributed by atoms with van der Waals surface area (Å²) in [7, 11) is 1.83. The number of anilines is 1. The summed E-state index contributed by atoms with van der Waals surface area (Å²) in [6, 6.07) is 20.5. The number of carboxylic acids is 1. The van der Waals surface area contributed by atoms with Gasteiger partial charge in [-0.3, -0.25) is 4.79 Å². The zero-order valence-electron chi connectivity index (χ0n) is 17.2. The number of ether oxygens (including phenoxy) is 1. The van der Waals surface area contributed by atoms with E-state index in [9.17, 15) is 14.7 Å². The van der Waals surface area contributed by atoms with Crippen molar-refractivity contribution in [3.63, 3.8) is 0 Å². The largest absolute Gasteiger partial charge is 0.493 e. The van der Waals surface area contributed by atoms with Crippen LogP contribution in [0.1, 0.15) is 21.6 Å². The molecule has 0 aliphatic heterocycles. The van der Waals surface area contributed by atoms with Crippen LogP contribution in [-0.2, 0) is 17.6 Å². The fourth-order valence-corrected chi connectivity index (χ4v) is 3.02. The van der Waals surface area contributed by atoms with Crippen LogP contribution in [0.5, 0.6) is 5.75 Å². The quantitative estimate of drug-likeness (QED) is 0.467. The molecule has 1 amide bonds. The van der Waals surface area contributed by atoms with Crippen molar-refractivity contribution in [3.8, 4) is 5.75 Å². The minimum atomic E-state index is -1.08. The molecule has 0 bridgehead atoms. The summed E-state index contributed by atoms with van der Waals surface area (Å²) in [6.45, 7) is 0.477. The SMILES string of the molecule is CNc1cccc(CCOc2ccc(C[C@H](NC(=O)c3ccccc3)C(=O)O)cc2)n1.